The predicted octanol–water partition coefficient (Wildman–Crippen LogP) is 6.95. The summed E-state index contributed by atoms with van der Waals surface area (Å²) in [6.45, 7) is 0. The summed E-state index contributed by atoms with van der Waals surface area (Å²) in [6.07, 6.45) is 1.92. The van der Waals surface area contributed by atoms with Gasteiger partial charge < -0.3 is 4.98 Å². The topological polar surface area (TPSA) is 40.5 Å². The largest absolute Gasteiger partial charge is 0.359 e. The Labute approximate surface area is 142 Å². The number of rotatable bonds is 2. The number of aromatic amines is 1. The van der Waals surface area contributed by atoms with Crippen molar-refractivity contribution in [1.29, 1.82) is 0 Å². The van der Waals surface area contributed by atoms with E-state index in [4.69, 9.17) is 0 Å². The highest BCUT2D eigenvalue weighted by Gasteiger charge is 2.09. The SMILES string of the molecule is c1ccc(N=Nc2c[nH]c3cc4c(cc23)sc2ccccc24)cc1. The van der Waals surface area contributed by atoms with Gasteiger partial charge in [-0.15, -0.1) is 16.5 Å². The number of thiophene rings is 1. The average Bonchev–Trinajstić information content (AvgIpc) is 3.19. The molecule has 0 aliphatic rings. The molecule has 1 N–H and O–H groups in total. The van der Waals surface area contributed by atoms with Crippen molar-refractivity contribution in [1.82, 2.24) is 4.98 Å². The zero-order chi connectivity index (χ0) is 15.9. The average molecular weight is 327 g/mol. The molecule has 4 heteroatoms. The van der Waals surface area contributed by atoms with Crippen LogP contribution in [0.4, 0.5) is 11.4 Å². The van der Waals surface area contributed by atoms with Crippen LogP contribution in [-0.4, -0.2) is 4.98 Å². The van der Waals surface area contributed by atoms with Gasteiger partial charge in [-0.25, -0.2) is 0 Å². The Morgan fingerprint density at radius 3 is 2.46 bits per heavy atom. The molecule has 5 rings (SSSR count). The fourth-order valence-electron chi connectivity index (χ4n) is 3.02. The molecule has 0 fully saturated rings. The lowest BCUT2D eigenvalue weighted by atomic mass is 10.1. The van der Waals surface area contributed by atoms with E-state index < -0.39 is 0 Å². The maximum atomic E-state index is 4.42. The maximum absolute atomic E-state index is 4.42. The van der Waals surface area contributed by atoms with Gasteiger partial charge in [0, 0.05) is 37.3 Å². The van der Waals surface area contributed by atoms with Gasteiger partial charge in [0.05, 0.1) is 5.69 Å². The summed E-state index contributed by atoms with van der Waals surface area (Å²) in [5.74, 6) is 0. The smallest absolute Gasteiger partial charge is 0.111 e. The second-order valence-electron chi connectivity index (χ2n) is 5.70. The molecule has 114 valence electrons. The van der Waals surface area contributed by atoms with Gasteiger partial charge in [-0.3, -0.25) is 0 Å². The van der Waals surface area contributed by atoms with Gasteiger partial charge in [0.1, 0.15) is 5.69 Å². The number of aromatic nitrogens is 1. The lowest BCUT2D eigenvalue weighted by Crippen LogP contribution is -1.69. The van der Waals surface area contributed by atoms with Crippen molar-refractivity contribution in [3.8, 4) is 0 Å². The van der Waals surface area contributed by atoms with Crippen LogP contribution in [0, 0.1) is 0 Å². The molecule has 0 saturated heterocycles. The van der Waals surface area contributed by atoms with Crippen LogP contribution < -0.4 is 0 Å². The van der Waals surface area contributed by atoms with Crippen molar-refractivity contribution < 1.29 is 0 Å². The van der Waals surface area contributed by atoms with Crippen LogP contribution in [0.5, 0.6) is 0 Å². The summed E-state index contributed by atoms with van der Waals surface area (Å²) < 4.78 is 2.59. The van der Waals surface area contributed by atoms with Gasteiger partial charge in [0.15, 0.2) is 0 Å². The maximum Gasteiger partial charge on any atom is 0.111 e. The first-order valence-corrected chi connectivity index (χ1v) is 8.59. The Hall–Kier alpha value is -2.98. The van der Waals surface area contributed by atoms with Crippen LogP contribution >= 0.6 is 11.3 Å². The molecule has 0 radical (unpaired) electrons. The van der Waals surface area contributed by atoms with Crippen LogP contribution in [0.25, 0.3) is 31.1 Å². The Morgan fingerprint density at radius 1 is 0.708 bits per heavy atom. The molecule has 0 unspecified atom stereocenters. The van der Waals surface area contributed by atoms with Crippen molar-refractivity contribution in [2.75, 3.05) is 0 Å². The van der Waals surface area contributed by atoms with Crippen LogP contribution in [0.15, 0.2) is 83.2 Å². The molecule has 0 saturated carbocycles. The number of azo groups is 1. The predicted molar refractivity (Wildman–Crippen MR) is 102 cm³/mol. The molecule has 24 heavy (non-hydrogen) atoms. The molecule has 3 nitrogen and oxygen atoms in total. The third-order valence-corrected chi connectivity index (χ3v) is 5.32. The van der Waals surface area contributed by atoms with E-state index in [1.54, 1.807) is 0 Å². The second kappa shape index (κ2) is 5.28. The highest BCUT2D eigenvalue weighted by Crippen LogP contribution is 2.38. The minimum atomic E-state index is 0.856. The van der Waals surface area contributed by atoms with Crippen LogP contribution in [0.1, 0.15) is 0 Å². The highest BCUT2D eigenvalue weighted by molar-refractivity contribution is 7.25. The molecular formula is C20H13N3S. The van der Waals surface area contributed by atoms with Crippen molar-refractivity contribution in [2.24, 2.45) is 10.2 Å². The fraction of sp³-hybridized carbons (Fsp3) is 0. The zero-order valence-corrected chi connectivity index (χ0v) is 13.5. The van der Waals surface area contributed by atoms with Crippen LogP contribution in [0.3, 0.4) is 0 Å². The number of nitrogens with one attached hydrogen (secondary N) is 1. The van der Waals surface area contributed by atoms with Gasteiger partial charge in [-0.1, -0.05) is 36.4 Å². The molecular weight excluding hydrogens is 314 g/mol. The number of hydrogen-bond acceptors (Lipinski definition) is 3. The molecule has 3 aromatic carbocycles. The minimum Gasteiger partial charge on any atom is -0.359 e. The summed E-state index contributed by atoms with van der Waals surface area (Å²) in [5.41, 5.74) is 2.82. The lowest BCUT2D eigenvalue weighted by molar-refractivity contribution is 1.24. The summed E-state index contributed by atoms with van der Waals surface area (Å²) in [6, 6.07) is 22.7. The van der Waals surface area contributed by atoms with Gasteiger partial charge >= 0.3 is 0 Å². The van der Waals surface area contributed by atoms with Gasteiger partial charge in [0.2, 0.25) is 0 Å². The zero-order valence-electron chi connectivity index (χ0n) is 12.7. The van der Waals surface area contributed by atoms with E-state index in [2.05, 4.69) is 51.6 Å². The monoisotopic (exact) mass is 327 g/mol. The Morgan fingerprint density at radius 2 is 1.54 bits per heavy atom. The quantitative estimate of drug-likeness (QED) is 0.341. The van der Waals surface area contributed by atoms with E-state index >= 15 is 0 Å². The third-order valence-electron chi connectivity index (χ3n) is 4.19. The lowest BCUT2D eigenvalue weighted by Gasteiger charge is -1.95. The molecule has 0 aliphatic heterocycles. The van der Waals surface area contributed by atoms with Crippen molar-refractivity contribution in [3.05, 3.63) is 72.9 Å². The van der Waals surface area contributed by atoms with E-state index in [9.17, 15) is 0 Å². The Bertz CT molecular complexity index is 1200. The Balaban J connectivity index is 1.68. The summed E-state index contributed by atoms with van der Waals surface area (Å²) >= 11 is 1.82. The highest BCUT2D eigenvalue weighted by atomic mass is 32.1. The molecule has 2 heterocycles. The first kappa shape index (κ1) is 13.5. The number of hydrogen-bond donors (Lipinski definition) is 1. The van der Waals surface area contributed by atoms with E-state index in [-0.39, 0.29) is 0 Å². The van der Waals surface area contributed by atoms with Gasteiger partial charge in [0.25, 0.3) is 0 Å². The molecule has 2 aromatic heterocycles. The first-order valence-electron chi connectivity index (χ1n) is 7.78. The molecule has 0 amide bonds. The van der Waals surface area contributed by atoms with Crippen LogP contribution in [0.2, 0.25) is 0 Å². The minimum absolute atomic E-state index is 0.856. The molecule has 0 spiro atoms. The summed E-state index contributed by atoms with van der Waals surface area (Å²) in [7, 11) is 0. The molecule has 0 atom stereocenters. The second-order valence-corrected chi connectivity index (χ2v) is 6.79. The number of fused-ring (bicyclic) bond motifs is 4. The first-order chi connectivity index (χ1) is 11.9. The van der Waals surface area contributed by atoms with Crippen molar-refractivity contribution in [2.45, 2.75) is 0 Å². The van der Waals surface area contributed by atoms with Crippen LogP contribution in [-0.2, 0) is 0 Å². The third kappa shape index (κ3) is 2.12. The summed E-state index contributed by atoms with van der Waals surface area (Å²) in [5, 5.41) is 12.5. The molecule has 5 aromatic rings. The standard InChI is InChI=1S/C20H13N3S/c1-2-6-13(7-3-1)22-23-18-12-21-17-10-15-14-8-4-5-9-19(14)24-20(15)11-16(17)18/h1-12,21H. The van der Waals surface area contributed by atoms with Crippen molar-refractivity contribution in [3.63, 3.8) is 0 Å². The number of nitrogens with zero attached hydrogens (tertiary/aromatic N) is 2. The van der Waals surface area contributed by atoms with Crippen molar-refractivity contribution >= 4 is 53.8 Å². The van der Waals surface area contributed by atoms with E-state index in [1.165, 1.54) is 20.2 Å². The number of benzene rings is 3. The van der Waals surface area contributed by atoms with E-state index in [0.29, 0.717) is 0 Å². The fourth-order valence-corrected chi connectivity index (χ4v) is 4.14. The van der Waals surface area contributed by atoms with E-state index in [1.807, 2.05) is 47.9 Å². The van der Waals surface area contributed by atoms with E-state index in [0.717, 1.165) is 22.3 Å². The number of H-pyrrole nitrogens is 1. The molecule has 0 bridgehead atoms. The molecule has 0 aliphatic carbocycles. The Kier molecular flexibility index (Phi) is 2.96. The normalized spacial score (nSPS) is 12.0. The van der Waals surface area contributed by atoms with Gasteiger partial charge in [-0.05, 0) is 30.3 Å². The summed E-state index contributed by atoms with van der Waals surface area (Å²) in [4.78, 5) is 3.32. The van der Waals surface area contributed by atoms with Gasteiger partial charge in [-0.2, -0.15) is 5.11 Å².